The maximum Gasteiger partial charge on any atom is 0.153 e. The van der Waals surface area contributed by atoms with Crippen LogP contribution in [0, 0.1) is 0 Å². The topological polar surface area (TPSA) is 74.7 Å². The molecule has 5 heteroatoms. The van der Waals surface area contributed by atoms with Gasteiger partial charge in [-0.05, 0) is 26.0 Å². The van der Waals surface area contributed by atoms with Crippen LogP contribution in [0.3, 0.4) is 0 Å². The highest BCUT2D eigenvalue weighted by molar-refractivity contribution is 5.81. The van der Waals surface area contributed by atoms with E-state index in [2.05, 4.69) is 28.9 Å². The van der Waals surface area contributed by atoms with E-state index in [9.17, 15) is 0 Å². The molecule has 0 spiro atoms. The molecular formula is C12H20N4O. The van der Waals surface area contributed by atoms with Crippen LogP contribution in [0.5, 0.6) is 0 Å². The van der Waals surface area contributed by atoms with E-state index in [-0.39, 0.29) is 5.84 Å². The largest absolute Gasteiger partial charge is 0.409 e. The second kappa shape index (κ2) is 6.85. The van der Waals surface area contributed by atoms with Crippen LogP contribution >= 0.6 is 0 Å². The first-order chi connectivity index (χ1) is 8.13. The molecule has 0 amide bonds. The second-order valence-electron chi connectivity index (χ2n) is 4.23. The normalized spacial score (nSPS) is 12.4. The van der Waals surface area contributed by atoms with E-state index >= 15 is 0 Å². The molecule has 0 atom stereocenters. The Morgan fingerprint density at radius 1 is 1.53 bits per heavy atom. The van der Waals surface area contributed by atoms with E-state index in [4.69, 9.17) is 10.9 Å². The summed E-state index contributed by atoms with van der Waals surface area (Å²) < 4.78 is 0. The van der Waals surface area contributed by atoms with Gasteiger partial charge in [-0.2, -0.15) is 0 Å². The van der Waals surface area contributed by atoms with Gasteiger partial charge in [-0.1, -0.05) is 11.2 Å². The summed E-state index contributed by atoms with van der Waals surface area (Å²) in [6, 6.07) is 6.23. The Labute approximate surface area is 102 Å². The predicted molar refractivity (Wildman–Crippen MR) is 68.1 cm³/mol. The fourth-order valence-electron chi connectivity index (χ4n) is 1.56. The Bertz CT molecular complexity index is 351. The molecule has 0 saturated heterocycles. The molecule has 1 rings (SSSR count). The van der Waals surface area contributed by atoms with Crippen molar-refractivity contribution in [2.24, 2.45) is 10.9 Å². The van der Waals surface area contributed by atoms with Crippen LogP contribution in [0.4, 0.5) is 0 Å². The Hall–Kier alpha value is -1.62. The molecule has 94 valence electrons. The number of nitrogens with two attached hydrogens (primary N) is 1. The van der Waals surface area contributed by atoms with Crippen molar-refractivity contribution in [3.05, 3.63) is 30.1 Å². The zero-order chi connectivity index (χ0) is 12.7. The lowest BCUT2D eigenvalue weighted by molar-refractivity contribution is 0.249. The number of rotatable bonds is 6. The zero-order valence-corrected chi connectivity index (χ0v) is 10.4. The smallest absolute Gasteiger partial charge is 0.153 e. The van der Waals surface area contributed by atoms with Gasteiger partial charge in [0.2, 0.25) is 0 Å². The van der Waals surface area contributed by atoms with Crippen LogP contribution in [0.1, 0.15) is 19.5 Å². The van der Waals surface area contributed by atoms with Crippen molar-refractivity contribution in [1.82, 2.24) is 9.88 Å². The summed E-state index contributed by atoms with van der Waals surface area (Å²) in [5, 5.41) is 11.6. The number of hydrogen-bond acceptors (Lipinski definition) is 4. The molecule has 0 aliphatic rings. The van der Waals surface area contributed by atoms with Crippen LogP contribution in [-0.4, -0.2) is 40.1 Å². The van der Waals surface area contributed by atoms with Crippen molar-refractivity contribution in [1.29, 1.82) is 0 Å². The number of aromatic nitrogens is 1. The van der Waals surface area contributed by atoms with E-state index in [0.29, 0.717) is 12.6 Å². The summed E-state index contributed by atoms with van der Waals surface area (Å²) in [7, 11) is 0. The highest BCUT2D eigenvalue weighted by atomic mass is 16.4. The van der Waals surface area contributed by atoms with E-state index < -0.39 is 0 Å². The van der Waals surface area contributed by atoms with Gasteiger partial charge in [-0.3, -0.25) is 9.88 Å². The molecule has 17 heavy (non-hydrogen) atoms. The van der Waals surface area contributed by atoms with Crippen molar-refractivity contribution in [3.8, 4) is 0 Å². The lowest BCUT2D eigenvalue weighted by Crippen LogP contribution is -2.39. The van der Waals surface area contributed by atoms with Crippen LogP contribution in [-0.2, 0) is 6.42 Å². The number of amidine groups is 1. The number of nitrogens with zero attached hydrogens (tertiary/aromatic N) is 3. The minimum Gasteiger partial charge on any atom is -0.409 e. The summed E-state index contributed by atoms with van der Waals surface area (Å²) >= 11 is 0. The molecule has 0 radical (unpaired) electrons. The monoisotopic (exact) mass is 236 g/mol. The van der Waals surface area contributed by atoms with Gasteiger partial charge in [0.05, 0.1) is 6.54 Å². The molecule has 1 aromatic heterocycles. The Balaban J connectivity index is 2.50. The van der Waals surface area contributed by atoms with E-state index in [1.54, 1.807) is 6.20 Å². The maximum atomic E-state index is 8.57. The molecule has 0 aromatic carbocycles. The van der Waals surface area contributed by atoms with Crippen LogP contribution in [0.25, 0.3) is 0 Å². The molecule has 0 aliphatic carbocycles. The SMILES string of the molecule is CC(C)N(CCc1ccccn1)CC(N)=NO. The van der Waals surface area contributed by atoms with Crippen LogP contribution < -0.4 is 5.73 Å². The fraction of sp³-hybridized carbons (Fsp3) is 0.500. The number of pyridine rings is 1. The quantitative estimate of drug-likeness (QED) is 0.335. The van der Waals surface area contributed by atoms with Gasteiger partial charge in [-0.15, -0.1) is 0 Å². The summed E-state index contributed by atoms with van der Waals surface area (Å²) in [5.41, 5.74) is 6.58. The predicted octanol–water partition coefficient (Wildman–Crippen LogP) is 1.08. The average molecular weight is 236 g/mol. The Kier molecular flexibility index (Phi) is 5.42. The highest BCUT2D eigenvalue weighted by Gasteiger charge is 2.11. The van der Waals surface area contributed by atoms with Crippen LogP contribution in [0.15, 0.2) is 29.6 Å². The van der Waals surface area contributed by atoms with Crippen molar-refractivity contribution >= 4 is 5.84 Å². The molecule has 1 heterocycles. The molecule has 1 aromatic rings. The van der Waals surface area contributed by atoms with E-state index in [1.807, 2.05) is 18.2 Å². The van der Waals surface area contributed by atoms with Gasteiger partial charge in [0.1, 0.15) is 0 Å². The van der Waals surface area contributed by atoms with Crippen molar-refractivity contribution in [3.63, 3.8) is 0 Å². The van der Waals surface area contributed by atoms with Gasteiger partial charge in [-0.25, -0.2) is 0 Å². The Morgan fingerprint density at radius 2 is 2.29 bits per heavy atom. The molecule has 0 bridgehead atoms. The lowest BCUT2D eigenvalue weighted by atomic mass is 10.2. The molecule has 0 aliphatic heterocycles. The zero-order valence-electron chi connectivity index (χ0n) is 10.4. The second-order valence-corrected chi connectivity index (χ2v) is 4.23. The first-order valence-corrected chi connectivity index (χ1v) is 5.74. The molecule has 0 unspecified atom stereocenters. The Morgan fingerprint density at radius 3 is 2.82 bits per heavy atom. The summed E-state index contributed by atoms with van der Waals surface area (Å²) in [6.07, 6.45) is 2.65. The van der Waals surface area contributed by atoms with Gasteiger partial charge >= 0.3 is 0 Å². The summed E-state index contributed by atoms with van der Waals surface area (Å²) in [6.45, 7) is 5.48. The molecule has 5 nitrogen and oxygen atoms in total. The maximum absolute atomic E-state index is 8.57. The van der Waals surface area contributed by atoms with Gasteiger partial charge in [0.15, 0.2) is 5.84 Å². The lowest BCUT2D eigenvalue weighted by Gasteiger charge is -2.25. The van der Waals surface area contributed by atoms with E-state index in [1.165, 1.54) is 0 Å². The molecular weight excluding hydrogens is 216 g/mol. The third-order valence-corrected chi connectivity index (χ3v) is 2.61. The average Bonchev–Trinajstić information content (AvgIpc) is 2.35. The minimum absolute atomic E-state index is 0.236. The fourth-order valence-corrected chi connectivity index (χ4v) is 1.56. The minimum atomic E-state index is 0.236. The van der Waals surface area contributed by atoms with Gasteiger partial charge in [0.25, 0.3) is 0 Å². The molecule has 0 fully saturated rings. The first-order valence-electron chi connectivity index (χ1n) is 5.74. The van der Waals surface area contributed by atoms with Crippen LogP contribution in [0.2, 0.25) is 0 Å². The third kappa shape index (κ3) is 4.82. The number of oxime groups is 1. The standard InChI is InChI=1S/C12H20N4O/c1-10(2)16(9-12(13)15-17)8-6-11-5-3-4-7-14-11/h3-5,7,10,17H,6,8-9H2,1-2H3,(H2,13,15). The number of hydrogen-bond donors (Lipinski definition) is 2. The third-order valence-electron chi connectivity index (χ3n) is 2.61. The van der Waals surface area contributed by atoms with Crippen molar-refractivity contribution < 1.29 is 5.21 Å². The summed E-state index contributed by atoms with van der Waals surface area (Å²) in [4.78, 5) is 6.41. The summed E-state index contributed by atoms with van der Waals surface area (Å²) in [5.74, 6) is 0.236. The van der Waals surface area contributed by atoms with Crippen molar-refractivity contribution in [2.45, 2.75) is 26.3 Å². The highest BCUT2D eigenvalue weighted by Crippen LogP contribution is 2.02. The van der Waals surface area contributed by atoms with Crippen molar-refractivity contribution in [2.75, 3.05) is 13.1 Å². The van der Waals surface area contributed by atoms with E-state index in [0.717, 1.165) is 18.7 Å². The van der Waals surface area contributed by atoms with Gasteiger partial charge in [0, 0.05) is 30.9 Å². The first kappa shape index (κ1) is 13.4. The van der Waals surface area contributed by atoms with Gasteiger partial charge < -0.3 is 10.9 Å². The molecule has 3 N–H and O–H groups in total. The molecule has 0 saturated carbocycles.